The molecule has 0 aliphatic heterocycles. The number of ether oxygens (including phenoxy) is 2. The van der Waals surface area contributed by atoms with Gasteiger partial charge in [-0.2, -0.15) is 0 Å². The predicted molar refractivity (Wildman–Crippen MR) is 69.5 cm³/mol. The number of methoxy groups -OCH3 is 2. The molecule has 0 fully saturated rings. The van der Waals surface area contributed by atoms with Crippen LogP contribution in [0.4, 0.5) is 15.8 Å². The van der Waals surface area contributed by atoms with Gasteiger partial charge in [-0.05, 0) is 0 Å². The maximum atomic E-state index is 13.9. The molecule has 0 N–H and O–H groups in total. The zero-order valence-electron chi connectivity index (χ0n) is 11.4. The molecule has 0 heterocycles. The van der Waals surface area contributed by atoms with E-state index >= 15 is 0 Å². The molecule has 1 aromatic carbocycles. The number of hydrogen-bond donors (Lipinski definition) is 0. The molecular formula is C12H15FN2O5. The monoisotopic (exact) mass is 286 g/mol. The first-order valence-corrected chi connectivity index (χ1v) is 5.70. The van der Waals surface area contributed by atoms with Gasteiger partial charge in [0, 0.05) is 19.7 Å². The van der Waals surface area contributed by atoms with E-state index in [1.54, 1.807) is 7.05 Å². The number of nitrogens with zero attached hydrogens (tertiary/aromatic N) is 2. The fourth-order valence-corrected chi connectivity index (χ4v) is 1.61. The Hall–Kier alpha value is -2.38. The molecule has 0 bridgehead atoms. The van der Waals surface area contributed by atoms with Gasteiger partial charge < -0.3 is 14.4 Å². The number of anilines is 1. The van der Waals surface area contributed by atoms with Crippen molar-refractivity contribution in [2.75, 3.05) is 32.7 Å². The van der Waals surface area contributed by atoms with E-state index in [9.17, 15) is 19.3 Å². The van der Waals surface area contributed by atoms with Crippen LogP contribution in [0.15, 0.2) is 12.1 Å². The fourth-order valence-electron chi connectivity index (χ4n) is 1.61. The third kappa shape index (κ3) is 3.56. The van der Waals surface area contributed by atoms with Crippen molar-refractivity contribution in [3.05, 3.63) is 28.1 Å². The zero-order valence-corrected chi connectivity index (χ0v) is 11.4. The fraction of sp³-hybridized carbons (Fsp3) is 0.417. The van der Waals surface area contributed by atoms with Gasteiger partial charge in [0.25, 0.3) is 0 Å². The minimum absolute atomic E-state index is 0.0451. The number of carbonyl (C=O) groups excluding carboxylic acids is 1. The van der Waals surface area contributed by atoms with Crippen LogP contribution in [-0.2, 0) is 9.53 Å². The number of nitro benzene ring substituents is 1. The van der Waals surface area contributed by atoms with E-state index in [1.807, 2.05) is 0 Å². The molecule has 0 saturated heterocycles. The Balaban J connectivity index is 3.00. The predicted octanol–water partition coefficient (Wildman–Crippen LogP) is 1.74. The number of rotatable bonds is 6. The lowest BCUT2D eigenvalue weighted by Gasteiger charge is -2.19. The molecule has 0 aliphatic rings. The summed E-state index contributed by atoms with van der Waals surface area (Å²) < 4.78 is 23.2. The summed E-state index contributed by atoms with van der Waals surface area (Å²) in [5.41, 5.74) is -0.341. The summed E-state index contributed by atoms with van der Waals surface area (Å²) in [5.74, 6) is -1.23. The lowest BCUT2D eigenvalue weighted by molar-refractivity contribution is -0.385. The minimum Gasteiger partial charge on any atom is -0.490 e. The summed E-state index contributed by atoms with van der Waals surface area (Å²) in [6.45, 7) is 0.213. The molecule has 0 radical (unpaired) electrons. The van der Waals surface area contributed by atoms with E-state index in [4.69, 9.17) is 4.74 Å². The first kappa shape index (κ1) is 15.7. The summed E-state index contributed by atoms with van der Waals surface area (Å²) in [7, 11) is 4.09. The Morgan fingerprint density at radius 3 is 2.60 bits per heavy atom. The van der Waals surface area contributed by atoms with Crippen molar-refractivity contribution in [3.63, 3.8) is 0 Å². The van der Waals surface area contributed by atoms with Gasteiger partial charge in [-0.3, -0.25) is 14.9 Å². The van der Waals surface area contributed by atoms with E-state index in [0.717, 1.165) is 6.07 Å². The van der Waals surface area contributed by atoms with Crippen LogP contribution in [0.5, 0.6) is 5.75 Å². The average molecular weight is 286 g/mol. The van der Waals surface area contributed by atoms with Crippen LogP contribution in [0.2, 0.25) is 0 Å². The molecule has 7 nitrogen and oxygen atoms in total. The number of hydrogen-bond acceptors (Lipinski definition) is 6. The van der Waals surface area contributed by atoms with Gasteiger partial charge in [0.15, 0.2) is 11.6 Å². The van der Waals surface area contributed by atoms with Crippen LogP contribution in [0.1, 0.15) is 6.42 Å². The lowest BCUT2D eigenvalue weighted by Crippen LogP contribution is -2.22. The van der Waals surface area contributed by atoms with Crippen molar-refractivity contribution in [2.24, 2.45) is 0 Å². The van der Waals surface area contributed by atoms with Crippen LogP contribution >= 0.6 is 0 Å². The summed E-state index contributed by atoms with van der Waals surface area (Å²) in [4.78, 5) is 22.5. The molecule has 0 saturated carbocycles. The van der Waals surface area contributed by atoms with Crippen LogP contribution in [0, 0.1) is 15.9 Å². The highest BCUT2D eigenvalue weighted by atomic mass is 19.1. The summed E-state index contributed by atoms with van der Waals surface area (Å²) in [6.07, 6.45) is 0.0751. The smallest absolute Gasteiger partial charge is 0.313 e. The van der Waals surface area contributed by atoms with Gasteiger partial charge in [-0.1, -0.05) is 0 Å². The van der Waals surface area contributed by atoms with Crippen molar-refractivity contribution in [2.45, 2.75) is 6.42 Å². The van der Waals surface area contributed by atoms with Gasteiger partial charge in [-0.15, -0.1) is 0 Å². The molecule has 8 heteroatoms. The largest absolute Gasteiger partial charge is 0.490 e. The average Bonchev–Trinajstić information content (AvgIpc) is 2.43. The van der Waals surface area contributed by atoms with Crippen LogP contribution < -0.4 is 9.64 Å². The SMILES string of the molecule is COC(=O)CCN(C)c1cc(OC)c([N+](=O)[O-])cc1F. The highest BCUT2D eigenvalue weighted by Gasteiger charge is 2.21. The van der Waals surface area contributed by atoms with Gasteiger partial charge in [0.1, 0.15) is 0 Å². The Bertz CT molecular complexity index is 521. The quantitative estimate of drug-likeness (QED) is 0.450. The normalized spacial score (nSPS) is 10.0. The van der Waals surface area contributed by atoms with Crippen molar-refractivity contribution in [1.82, 2.24) is 0 Å². The van der Waals surface area contributed by atoms with Crippen LogP contribution in [0.3, 0.4) is 0 Å². The molecule has 1 rings (SSSR count). The molecule has 110 valence electrons. The number of benzene rings is 1. The summed E-state index contributed by atoms with van der Waals surface area (Å²) in [5, 5.41) is 10.8. The van der Waals surface area contributed by atoms with E-state index in [-0.39, 0.29) is 24.4 Å². The van der Waals surface area contributed by atoms with E-state index in [0.29, 0.717) is 0 Å². The van der Waals surface area contributed by atoms with E-state index in [1.165, 1.54) is 25.2 Å². The van der Waals surface area contributed by atoms with Crippen molar-refractivity contribution >= 4 is 17.3 Å². The molecule has 0 unspecified atom stereocenters. The summed E-state index contributed by atoms with van der Waals surface area (Å²) in [6, 6.07) is 2.02. The molecule has 0 aromatic heterocycles. The Kier molecular flexibility index (Phi) is 5.24. The first-order valence-electron chi connectivity index (χ1n) is 5.70. The molecule has 0 spiro atoms. The van der Waals surface area contributed by atoms with Crippen LogP contribution in [-0.4, -0.2) is 38.7 Å². The zero-order chi connectivity index (χ0) is 15.3. The number of carbonyl (C=O) groups is 1. The second-order valence-electron chi connectivity index (χ2n) is 3.98. The molecule has 0 aliphatic carbocycles. The third-order valence-electron chi connectivity index (χ3n) is 2.74. The van der Waals surface area contributed by atoms with Gasteiger partial charge >= 0.3 is 11.7 Å². The Morgan fingerprint density at radius 2 is 2.10 bits per heavy atom. The second kappa shape index (κ2) is 6.69. The van der Waals surface area contributed by atoms with Crippen molar-refractivity contribution in [1.29, 1.82) is 0 Å². The van der Waals surface area contributed by atoms with E-state index < -0.39 is 22.4 Å². The van der Waals surface area contributed by atoms with E-state index in [2.05, 4.69) is 4.74 Å². The molecule has 20 heavy (non-hydrogen) atoms. The number of esters is 1. The maximum Gasteiger partial charge on any atom is 0.313 e. The first-order chi connectivity index (χ1) is 9.40. The van der Waals surface area contributed by atoms with Gasteiger partial charge in [0.05, 0.1) is 37.3 Å². The molecular weight excluding hydrogens is 271 g/mol. The third-order valence-corrected chi connectivity index (χ3v) is 2.74. The minimum atomic E-state index is -0.759. The topological polar surface area (TPSA) is 81.9 Å². The molecule has 0 amide bonds. The van der Waals surface area contributed by atoms with Crippen LogP contribution in [0.25, 0.3) is 0 Å². The maximum absolute atomic E-state index is 13.9. The number of nitro groups is 1. The highest BCUT2D eigenvalue weighted by Crippen LogP contribution is 2.33. The summed E-state index contributed by atoms with van der Waals surface area (Å²) >= 11 is 0. The van der Waals surface area contributed by atoms with Crippen molar-refractivity contribution in [3.8, 4) is 5.75 Å². The lowest BCUT2D eigenvalue weighted by atomic mass is 10.2. The molecule has 1 aromatic rings. The Morgan fingerprint density at radius 1 is 1.45 bits per heavy atom. The second-order valence-corrected chi connectivity index (χ2v) is 3.98. The number of halogens is 1. The Labute approximate surface area is 115 Å². The van der Waals surface area contributed by atoms with Crippen molar-refractivity contribution < 1.29 is 23.6 Å². The highest BCUT2D eigenvalue weighted by molar-refractivity contribution is 5.70. The van der Waals surface area contributed by atoms with Gasteiger partial charge in [0.2, 0.25) is 0 Å². The van der Waals surface area contributed by atoms with Gasteiger partial charge in [-0.25, -0.2) is 4.39 Å². The standard InChI is InChI=1S/C12H15FN2O5/c1-14(5-4-12(16)20-3)9-7-11(19-2)10(15(17)18)6-8(9)13/h6-7H,4-5H2,1-3H3. The molecule has 0 atom stereocenters.